The van der Waals surface area contributed by atoms with E-state index in [1.54, 1.807) is 0 Å². The average Bonchev–Trinajstić information content (AvgIpc) is 2.44. The van der Waals surface area contributed by atoms with E-state index in [4.69, 9.17) is 10.5 Å². The molecular formula is C14H29Cl2N3O2. The minimum Gasteiger partial charge on any atom is -0.379 e. The van der Waals surface area contributed by atoms with Crippen molar-refractivity contribution < 1.29 is 9.53 Å². The lowest BCUT2D eigenvalue weighted by molar-refractivity contribution is -0.126. The molecule has 0 aromatic rings. The second-order valence-corrected chi connectivity index (χ2v) is 5.72. The Hall–Kier alpha value is -0.0700. The van der Waals surface area contributed by atoms with Crippen LogP contribution in [0.4, 0.5) is 0 Å². The van der Waals surface area contributed by atoms with Crippen molar-refractivity contribution in [2.45, 2.75) is 38.1 Å². The fraction of sp³-hybridized carbons (Fsp3) is 0.929. The Morgan fingerprint density at radius 2 is 1.95 bits per heavy atom. The second-order valence-electron chi connectivity index (χ2n) is 5.72. The van der Waals surface area contributed by atoms with Crippen LogP contribution in [0.2, 0.25) is 0 Å². The number of nitrogens with zero attached hydrogens (tertiary/aromatic N) is 1. The van der Waals surface area contributed by atoms with E-state index in [9.17, 15) is 4.79 Å². The molecule has 3 N–H and O–H groups in total. The predicted octanol–water partition coefficient (Wildman–Crippen LogP) is 1.19. The molecule has 1 aliphatic carbocycles. The fourth-order valence-corrected chi connectivity index (χ4v) is 2.95. The summed E-state index contributed by atoms with van der Waals surface area (Å²) in [6.07, 6.45) is 5.04. The van der Waals surface area contributed by atoms with Gasteiger partial charge in [0.25, 0.3) is 0 Å². The van der Waals surface area contributed by atoms with Gasteiger partial charge in [0.1, 0.15) is 0 Å². The standard InChI is InChI=1S/C14H27N3O2.2ClH/c15-13-4-1-3-12(11-13)14(18)16-5-2-6-17-7-9-19-10-8-17;;/h12-13H,1-11,15H2,(H,16,18);2*1H. The van der Waals surface area contributed by atoms with Crippen LogP contribution in [-0.4, -0.2) is 56.2 Å². The first-order valence-corrected chi connectivity index (χ1v) is 7.59. The number of hydrogen-bond acceptors (Lipinski definition) is 4. The van der Waals surface area contributed by atoms with Crippen molar-refractivity contribution in [3.8, 4) is 0 Å². The first-order chi connectivity index (χ1) is 9.25. The molecular weight excluding hydrogens is 313 g/mol. The lowest BCUT2D eigenvalue weighted by Crippen LogP contribution is -2.40. The Morgan fingerprint density at radius 1 is 1.24 bits per heavy atom. The molecule has 1 saturated carbocycles. The van der Waals surface area contributed by atoms with Crippen molar-refractivity contribution in [2.24, 2.45) is 11.7 Å². The van der Waals surface area contributed by atoms with Crippen molar-refractivity contribution >= 4 is 30.7 Å². The van der Waals surface area contributed by atoms with E-state index in [0.29, 0.717) is 0 Å². The van der Waals surface area contributed by atoms with Gasteiger partial charge in [-0.05, 0) is 32.2 Å². The van der Waals surface area contributed by atoms with Crippen molar-refractivity contribution in [2.75, 3.05) is 39.4 Å². The molecule has 7 heteroatoms. The summed E-state index contributed by atoms with van der Waals surface area (Å²) in [4.78, 5) is 14.4. The van der Waals surface area contributed by atoms with E-state index in [2.05, 4.69) is 10.2 Å². The lowest BCUT2D eigenvalue weighted by Gasteiger charge is -2.27. The Bertz CT molecular complexity index is 289. The Balaban J connectivity index is 0.00000200. The van der Waals surface area contributed by atoms with Gasteiger partial charge in [0.15, 0.2) is 0 Å². The van der Waals surface area contributed by atoms with E-state index in [1.165, 1.54) is 0 Å². The maximum atomic E-state index is 12.0. The predicted molar refractivity (Wildman–Crippen MR) is 89.3 cm³/mol. The van der Waals surface area contributed by atoms with Crippen LogP contribution in [0.25, 0.3) is 0 Å². The maximum absolute atomic E-state index is 12.0. The largest absolute Gasteiger partial charge is 0.379 e. The van der Waals surface area contributed by atoms with Crippen LogP contribution in [0.5, 0.6) is 0 Å². The maximum Gasteiger partial charge on any atom is 0.223 e. The van der Waals surface area contributed by atoms with Crippen LogP contribution in [-0.2, 0) is 9.53 Å². The summed E-state index contributed by atoms with van der Waals surface area (Å²) in [5, 5.41) is 3.06. The first-order valence-electron chi connectivity index (χ1n) is 7.59. The number of nitrogens with two attached hydrogens (primary N) is 1. The molecule has 1 amide bonds. The van der Waals surface area contributed by atoms with Gasteiger partial charge in [0, 0.05) is 31.6 Å². The summed E-state index contributed by atoms with van der Waals surface area (Å²) >= 11 is 0. The molecule has 0 aromatic heterocycles. The van der Waals surface area contributed by atoms with Crippen molar-refractivity contribution in [1.29, 1.82) is 0 Å². The monoisotopic (exact) mass is 341 g/mol. The summed E-state index contributed by atoms with van der Waals surface area (Å²) in [5.41, 5.74) is 5.92. The molecule has 0 bridgehead atoms. The molecule has 21 heavy (non-hydrogen) atoms. The Kier molecular flexibility index (Phi) is 11.5. The zero-order chi connectivity index (χ0) is 13.5. The van der Waals surface area contributed by atoms with E-state index in [0.717, 1.165) is 71.5 Å². The second kappa shape index (κ2) is 11.5. The number of carbonyl (C=O) groups is 1. The zero-order valence-corrected chi connectivity index (χ0v) is 14.2. The van der Waals surface area contributed by atoms with Crippen LogP contribution < -0.4 is 11.1 Å². The molecule has 1 heterocycles. The van der Waals surface area contributed by atoms with E-state index in [-0.39, 0.29) is 42.7 Å². The topological polar surface area (TPSA) is 67.6 Å². The van der Waals surface area contributed by atoms with Gasteiger partial charge in [-0.15, -0.1) is 24.8 Å². The molecule has 0 spiro atoms. The molecule has 1 saturated heterocycles. The van der Waals surface area contributed by atoms with Crippen LogP contribution in [0.3, 0.4) is 0 Å². The molecule has 1 aliphatic heterocycles. The third-order valence-corrected chi connectivity index (χ3v) is 4.14. The number of hydrogen-bond donors (Lipinski definition) is 2. The van der Waals surface area contributed by atoms with Crippen molar-refractivity contribution in [1.82, 2.24) is 10.2 Å². The van der Waals surface area contributed by atoms with Crippen LogP contribution in [0.1, 0.15) is 32.1 Å². The number of ether oxygens (including phenoxy) is 1. The molecule has 2 atom stereocenters. The highest BCUT2D eigenvalue weighted by molar-refractivity contribution is 5.85. The average molecular weight is 342 g/mol. The SMILES string of the molecule is Cl.Cl.NC1CCCC(C(=O)NCCCN2CCOCC2)C1. The van der Waals surface area contributed by atoms with Crippen molar-refractivity contribution in [3.05, 3.63) is 0 Å². The number of rotatable bonds is 5. The van der Waals surface area contributed by atoms with Crippen molar-refractivity contribution in [3.63, 3.8) is 0 Å². The summed E-state index contributed by atoms with van der Waals surface area (Å²) < 4.78 is 5.31. The van der Waals surface area contributed by atoms with Gasteiger partial charge >= 0.3 is 0 Å². The molecule has 0 radical (unpaired) electrons. The van der Waals surface area contributed by atoms with Crippen LogP contribution in [0, 0.1) is 5.92 Å². The van der Waals surface area contributed by atoms with Gasteiger partial charge in [0.05, 0.1) is 13.2 Å². The number of nitrogens with one attached hydrogen (secondary N) is 1. The number of amides is 1. The molecule has 0 aromatic carbocycles. The smallest absolute Gasteiger partial charge is 0.223 e. The summed E-state index contributed by atoms with van der Waals surface area (Å²) in [6.45, 7) is 5.55. The highest BCUT2D eigenvalue weighted by Crippen LogP contribution is 2.22. The highest BCUT2D eigenvalue weighted by Gasteiger charge is 2.24. The van der Waals surface area contributed by atoms with Gasteiger partial charge in [-0.3, -0.25) is 9.69 Å². The third kappa shape index (κ3) is 7.66. The van der Waals surface area contributed by atoms with Crippen LogP contribution in [0.15, 0.2) is 0 Å². The molecule has 2 rings (SSSR count). The quantitative estimate of drug-likeness (QED) is 0.737. The number of halogens is 2. The zero-order valence-electron chi connectivity index (χ0n) is 12.6. The highest BCUT2D eigenvalue weighted by atomic mass is 35.5. The minimum absolute atomic E-state index is 0. The summed E-state index contributed by atoms with van der Waals surface area (Å²) in [5.74, 6) is 0.351. The minimum atomic E-state index is 0. The van der Waals surface area contributed by atoms with Gasteiger partial charge in [-0.2, -0.15) is 0 Å². The molecule has 126 valence electrons. The van der Waals surface area contributed by atoms with E-state index in [1.807, 2.05) is 0 Å². The molecule has 2 fully saturated rings. The fourth-order valence-electron chi connectivity index (χ4n) is 2.95. The Morgan fingerprint density at radius 3 is 2.62 bits per heavy atom. The lowest BCUT2D eigenvalue weighted by atomic mass is 9.85. The van der Waals surface area contributed by atoms with Gasteiger partial charge in [0.2, 0.25) is 5.91 Å². The van der Waals surface area contributed by atoms with Gasteiger partial charge < -0.3 is 15.8 Å². The van der Waals surface area contributed by atoms with Gasteiger partial charge in [-0.1, -0.05) is 6.42 Å². The molecule has 2 unspecified atom stereocenters. The van der Waals surface area contributed by atoms with E-state index < -0.39 is 0 Å². The molecule has 2 aliphatic rings. The third-order valence-electron chi connectivity index (χ3n) is 4.14. The molecule has 5 nitrogen and oxygen atoms in total. The Labute approximate surface area is 140 Å². The normalized spacial score (nSPS) is 26.3. The van der Waals surface area contributed by atoms with E-state index >= 15 is 0 Å². The van der Waals surface area contributed by atoms with Crippen LogP contribution >= 0.6 is 24.8 Å². The summed E-state index contributed by atoms with van der Waals surface area (Å²) in [6, 6.07) is 0.220. The van der Waals surface area contributed by atoms with Gasteiger partial charge in [-0.25, -0.2) is 0 Å². The summed E-state index contributed by atoms with van der Waals surface area (Å²) in [7, 11) is 0. The first kappa shape index (κ1) is 20.9. The number of carbonyl (C=O) groups excluding carboxylic acids is 1. The number of morpholine rings is 1.